The number of nitrogens with one attached hydrogen (secondary N) is 2. The summed E-state index contributed by atoms with van der Waals surface area (Å²) in [6.07, 6.45) is 1.52. The molecule has 2 aromatic carbocycles. The van der Waals surface area contributed by atoms with E-state index in [1.54, 1.807) is 43.5 Å². The Morgan fingerprint density at radius 2 is 1.89 bits per heavy atom. The average molecular weight is 358 g/mol. The van der Waals surface area contributed by atoms with Crippen LogP contribution in [0.5, 0.6) is 5.75 Å². The van der Waals surface area contributed by atoms with Gasteiger partial charge in [-0.25, -0.2) is 4.98 Å². The fourth-order valence-electron chi connectivity index (χ4n) is 2.50. The molecule has 0 spiro atoms. The molecule has 0 aliphatic carbocycles. The lowest BCUT2D eigenvalue weighted by molar-refractivity contribution is 0.0950. The molecule has 6 nitrogen and oxygen atoms in total. The topological polar surface area (TPSA) is 87.0 Å². The Morgan fingerprint density at radius 3 is 2.56 bits per heavy atom. The molecule has 0 unspecified atom stereocenters. The Balaban J connectivity index is 1.60. The van der Waals surface area contributed by atoms with E-state index in [1.807, 2.05) is 24.3 Å². The Morgan fingerprint density at radius 1 is 1.11 bits per heavy atom. The van der Waals surface area contributed by atoms with Crippen LogP contribution in [0, 0.1) is 11.3 Å². The van der Waals surface area contributed by atoms with Crippen molar-refractivity contribution in [1.82, 2.24) is 10.3 Å². The van der Waals surface area contributed by atoms with E-state index in [9.17, 15) is 4.79 Å². The van der Waals surface area contributed by atoms with Crippen LogP contribution in [0.4, 0.5) is 11.5 Å². The van der Waals surface area contributed by atoms with E-state index in [1.165, 1.54) is 6.20 Å². The minimum absolute atomic E-state index is 0.210. The van der Waals surface area contributed by atoms with Crippen molar-refractivity contribution in [3.8, 4) is 11.8 Å². The van der Waals surface area contributed by atoms with E-state index in [0.29, 0.717) is 23.5 Å². The highest BCUT2D eigenvalue weighted by molar-refractivity contribution is 5.94. The average Bonchev–Trinajstić information content (AvgIpc) is 2.73. The standard InChI is InChI=1S/C21H18N4O2/c1-27-19-5-3-2-4-16(19)13-24-21(26)17-8-11-20(23-14-17)25-18-9-6-15(12-22)7-10-18/h2-11,14H,13H2,1H3,(H,23,25)(H,24,26). The Kier molecular flexibility index (Phi) is 5.65. The molecule has 27 heavy (non-hydrogen) atoms. The van der Waals surface area contributed by atoms with Gasteiger partial charge in [0.2, 0.25) is 0 Å². The summed E-state index contributed by atoms with van der Waals surface area (Å²) in [7, 11) is 1.60. The highest BCUT2D eigenvalue weighted by Gasteiger charge is 2.08. The van der Waals surface area contributed by atoms with Crippen molar-refractivity contribution < 1.29 is 9.53 Å². The second-order valence-corrected chi connectivity index (χ2v) is 5.74. The predicted octanol–water partition coefficient (Wildman–Crippen LogP) is 3.64. The number of benzene rings is 2. The SMILES string of the molecule is COc1ccccc1CNC(=O)c1ccc(Nc2ccc(C#N)cc2)nc1. The molecule has 3 aromatic rings. The number of methoxy groups -OCH3 is 1. The van der Waals surface area contributed by atoms with Gasteiger partial charge >= 0.3 is 0 Å². The highest BCUT2D eigenvalue weighted by Crippen LogP contribution is 2.18. The molecule has 6 heteroatoms. The molecule has 1 aromatic heterocycles. The van der Waals surface area contributed by atoms with Crippen LogP contribution in [-0.2, 0) is 6.54 Å². The van der Waals surface area contributed by atoms with E-state index in [2.05, 4.69) is 21.7 Å². The van der Waals surface area contributed by atoms with Crippen molar-refractivity contribution in [3.63, 3.8) is 0 Å². The number of hydrogen-bond acceptors (Lipinski definition) is 5. The molecular formula is C21H18N4O2. The summed E-state index contributed by atoms with van der Waals surface area (Å²) in [6.45, 7) is 0.369. The second-order valence-electron chi connectivity index (χ2n) is 5.74. The largest absolute Gasteiger partial charge is 0.496 e. The van der Waals surface area contributed by atoms with Gasteiger partial charge in [0.1, 0.15) is 11.6 Å². The number of pyridine rings is 1. The number of ether oxygens (including phenoxy) is 1. The number of para-hydroxylation sites is 1. The van der Waals surface area contributed by atoms with Crippen LogP contribution in [0.3, 0.4) is 0 Å². The lowest BCUT2D eigenvalue weighted by Crippen LogP contribution is -2.23. The summed E-state index contributed by atoms with van der Waals surface area (Å²) in [6, 6.07) is 20.1. The molecule has 134 valence electrons. The lowest BCUT2D eigenvalue weighted by Gasteiger charge is -2.10. The van der Waals surface area contributed by atoms with Crippen molar-refractivity contribution >= 4 is 17.4 Å². The van der Waals surface area contributed by atoms with Crippen LogP contribution < -0.4 is 15.4 Å². The monoisotopic (exact) mass is 358 g/mol. The molecule has 0 fully saturated rings. The molecular weight excluding hydrogens is 340 g/mol. The van der Waals surface area contributed by atoms with E-state index in [0.717, 1.165) is 17.0 Å². The van der Waals surface area contributed by atoms with Gasteiger partial charge < -0.3 is 15.4 Å². The van der Waals surface area contributed by atoms with E-state index < -0.39 is 0 Å². The van der Waals surface area contributed by atoms with Crippen molar-refractivity contribution in [2.75, 3.05) is 12.4 Å². The third kappa shape index (κ3) is 4.61. The maximum absolute atomic E-state index is 12.3. The molecule has 3 rings (SSSR count). The Hall–Kier alpha value is -3.85. The maximum atomic E-state index is 12.3. The van der Waals surface area contributed by atoms with E-state index >= 15 is 0 Å². The lowest BCUT2D eigenvalue weighted by atomic mass is 10.2. The molecule has 0 radical (unpaired) electrons. The van der Waals surface area contributed by atoms with Gasteiger partial charge in [0.05, 0.1) is 24.3 Å². The van der Waals surface area contributed by atoms with E-state index in [-0.39, 0.29) is 5.91 Å². The van der Waals surface area contributed by atoms with Gasteiger partial charge in [-0.15, -0.1) is 0 Å². The third-order valence-corrected chi connectivity index (χ3v) is 3.94. The van der Waals surface area contributed by atoms with Gasteiger partial charge in [-0.2, -0.15) is 5.26 Å². The van der Waals surface area contributed by atoms with Crippen LogP contribution >= 0.6 is 0 Å². The number of aromatic nitrogens is 1. The summed E-state index contributed by atoms with van der Waals surface area (Å²) < 4.78 is 5.28. The number of anilines is 2. The Bertz CT molecular complexity index is 961. The summed E-state index contributed by atoms with van der Waals surface area (Å²) in [5, 5.41) is 14.8. The van der Waals surface area contributed by atoms with Crippen molar-refractivity contribution in [1.29, 1.82) is 5.26 Å². The van der Waals surface area contributed by atoms with Crippen LogP contribution in [-0.4, -0.2) is 18.0 Å². The molecule has 0 aliphatic heterocycles. The summed E-state index contributed by atoms with van der Waals surface area (Å²) >= 11 is 0. The van der Waals surface area contributed by atoms with Gasteiger partial charge in [0, 0.05) is 24.0 Å². The molecule has 0 bridgehead atoms. The number of nitrogens with zero attached hydrogens (tertiary/aromatic N) is 2. The molecule has 1 heterocycles. The number of rotatable bonds is 6. The molecule has 0 aliphatic rings. The van der Waals surface area contributed by atoms with Crippen molar-refractivity contribution in [2.45, 2.75) is 6.54 Å². The minimum atomic E-state index is -0.210. The van der Waals surface area contributed by atoms with Crippen LogP contribution in [0.25, 0.3) is 0 Å². The number of amides is 1. The molecule has 0 saturated carbocycles. The molecule has 0 atom stereocenters. The van der Waals surface area contributed by atoms with Crippen LogP contribution in [0.2, 0.25) is 0 Å². The summed E-state index contributed by atoms with van der Waals surface area (Å²) in [5.74, 6) is 1.14. The van der Waals surface area contributed by atoms with Gasteiger partial charge in [-0.3, -0.25) is 4.79 Å². The van der Waals surface area contributed by atoms with Gasteiger partial charge in [-0.1, -0.05) is 18.2 Å². The first-order valence-electron chi connectivity index (χ1n) is 8.33. The number of hydrogen-bond donors (Lipinski definition) is 2. The molecule has 1 amide bonds. The number of carbonyl (C=O) groups is 1. The Labute approximate surface area is 157 Å². The zero-order valence-electron chi connectivity index (χ0n) is 14.8. The highest BCUT2D eigenvalue weighted by atomic mass is 16.5. The quantitative estimate of drug-likeness (QED) is 0.702. The van der Waals surface area contributed by atoms with Crippen LogP contribution in [0.1, 0.15) is 21.5 Å². The first-order chi connectivity index (χ1) is 13.2. The third-order valence-electron chi connectivity index (χ3n) is 3.94. The molecule has 2 N–H and O–H groups in total. The fourth-order valence-corrected chi connectivity index (χ4v) is 2.50. The second kappa shape index (κ2) is 8.50. The van der Waals surface area contributed by atoms with Gasteiger partial charge in [-0.05, 0) is 42.5 Å². The zero-order chi connectivity index (χ0) is 19.1. The summed E-state index contributed by atoms with van der Waals surface area (Å²) in [4.78, 5) is 16.6. The van der Waals surface area contributed by atoms with E-state index in [4.69, 9.17) is 10.00 Å². The van der Waals surface area contributed by atoms with Gasteiger partial charge in [0.15, 0.2) is 0 Å². The fraction of sp³-hybridized carbons (Fsp3) is 0.0952. The first kappa shape index (κ1) is 18.0. The molecule has 0 saturated heterocycles. The van der Waals surface area contributed by atoms with Crippen LogP contribution in [0.15, 0.2) is 66.9 Å². The zero-order valence-corrected chi connectivity index (χ0v) is 14.8. The smallest absolute Gasteiger partial charge is 0.253 e. The van der Waals surface area contributed by atoms with Gasteiger partial charge in [0.25, 0.3) is 5.91 Å². The normalized spacial score (nSPS) is 9.93. The summed E-state index contributed by atoms with van der Waals surface area (Å²) in [5.41, 5.74) is 2.78. The maximum Gasteiger partial charge on any atom is 0.253 e. The predicted molar refractivity (Wildman–Crippen MR) is 103 cm³/mol. The van der Waals surface area contributed by atoms with Crippen molar-refractivity contribution in [2.24, 2.45) is 0 Å². The number of carbonyl (C=O) groups excluding carboxylic acids is 1. The number of nitriles is 1. The minimum Gasteiger partial charge on any atom is -0.496 e. The first-order valence-corrected chi connectivity index (χ1v) is 8.33. The van der Waals surface area contributed by atoms with Crippen molar-refractivity contribution in [3.05, 3.63) is 83.6 Å².